The maximum atomic E-state index is 6.24. The van der Waals surface area contributed by atoms with Crippen LogP contribution in [0.15, 0.2) is 12.1 Å². The topological polar surface area (TPSA) is 21.3 Å². The van der Waals surface area contributed by atoms with Gasteiger partial charge in [0.05, 0.1) is 6.61 Å². The second kappa shape index (κ2) is 6.36. The predicted octanol–water partition coefficient (Wildman–Crippen LogP) is 4.23. The Morgan fingerprint density at radius 1 is 1.40 bits per heavy atom. The Balaban J connectivity index is 2.13. The minimum Gasteiger partial charge on any atom is -0.493 e. The number of benzene rings is 1. The van der Waals surface area contributed by atoms with Gasteiger partial charge in [0, 0.05) is 17.5 Å². The van der Waals surface area contributed by atoms with Gasteiger partial charge in [-0.2, -0.15) is 0 Å². The fraction of sp³-hybridized carbons (Fsp3) is 0.647. The van der Waals surface area contributed by atoms with Crippen LogP contribution >= 0.6 is 11.6 Å². The highest BCUT2D eigenvalue weighted by atomic mass is 35.5. The summed E-state index contributed by atoms with van der Waals surface area (Å²) < 4.78 is 5.81. The zero-order valence-electron chi connectivity index (χ0n) is 13.1. The van der Waals surface area contributed by atoms with E-state index < -0.39 is 0 Å². The predicted molar refractivity (Wildman–Crippen MR) is 85.9 cm³/mol. The molecule has 1 aliphatic heterocycles. The summed E-state index contributed by atoms with van der Waals surface area (Å²) >= 11 is 6.24. The Hall–Kier alpha value is -0.730. The molecule has 0 amide bonds. The molecule has 1 atom stereocenters. The molecule has 1 aromatic rings. The van der Waals surface area contributed by atoms with E-state index in [9.17, 15) is 0 Å². The lowest BCUT2D eigenvalue weighted by Crippen LogP contribution is -2.32. The molecule has 1 unspecified atom stereocenters. The Morgan fingerprint density at radius 2 is 2.15 bits per heavy atom. The summed E-state index contributed by atoms with van der Waals surface area (Å²) in [4.78, 5) is 0. The van der Waals surface area contributed by atoms with Crippen LogP contribution in [0.5, 0.6) is 5.75 Å². The zero-order chi connectivity index (χ0) is 14.8. The largest absolute Gasteiger partial charge is 0.493 e. The monoisotopic (exact) mass is 295 g/mol. The molecule has 1 N–H and O–H groups in total. The van der Waals surface area contributed by atoms with Crippen molar-refractivity contribution in [2.45, 2.75) is 53.0 Å². The zero-order valence-corrected chi connectivity index (χ0v) is 13.8. The van der Waals surface area contributed by atoms with Crippen LogP contribution in [0.1, 0.15) is 45.2 Å². The second-order valence-corrected chi connectivity index (χ2v) is 7.09. The molecule has 0 aromatic heterocycles. The van der Waals surface area contributed by atoms with Gasteiger partial charge in [-0.05, 0) is 55.0 Å². The minimum atomic E-state index is 0.228. The van der Waals surface area contributed by atoms with Crippen LogP contribution in [0, 0.1) is 5.41 Å². The molecule has 1 heterocycles. The number of hydrogen-bond donors (Lipinski definition) is 1. The van der Waals surface area contributed by atoms with E-state index in [0.717, 1.165) is 43.2 Å². The van der Waals surface area contributed by atoms with E-state index >= 15 is 0 Å². The van der Waals surface area contributed by atoms with Gasteiger partial charge in [0.25, 0.3) is 0 Å². The van der Waals surface area contributed by atoms with E-state index in [1.54, 1.807) is 0 Å². The molecule has 0 saturated carbocycles. The van der Waals surface area contributed by atoms with E-state index in [4.69, 9.17) is 16.3 Å². The highest BCUT2D eigenvalue weighted by Crippen LogP contribution is 2.37. The van der Waals surface area contributed by atoms with E-state index in [1.807, 2.05) is 6.07 Å². The molecule has 0 fully saturated rings. The van der Waals surface area contributed by atoms with Gasteiger partial charge in [0.15, 0.2) is 0 Å². The molecular weight excluding hydrogens is 270 g/mol. The summed E-state index contributed by atoms with van der Waals surface area (Å²) in [5, 5.41) is 4.33. The lowest BCUT2D eigenvalue weighted by molar-refractivity contribution is 0.282. The number of ether oxygens (including phenoxy) is 1. The number of halogens is 1. The van der Waals surface area contributed by atoms with Gasteiger partial charge in [0.2, 0.25) is 0 Å². The lowest BCUT2D eigenvalue weighted by Gasteiger charge is -2.29. The molecule has 0 bridgehead atoms. The number of rotatable bonds is 6. The van der Waals surface area contributed by atoms with Crippen LogP contribution in [0.4, 0.5) is 0 Å². The standard InChI is InChI=1S/C17H26ClNO/c1-5-19-12(2)10-17(3,4)11-14-9-15(18)8-13-6-7-20-16(13)14/h8-9,12,19H,5-7,10-11H2,1-4H3. The highest BCUT2D eigenvalue weighted by molar-refractivity contribution is 6.30. The molecule has 112 valence electrons. The first kappa shape index (κ1) is 15.7. The van der Waals surface area contributed by atoms with Crippen LogP contribution in [0.3, 0.4) is 0 Å². The fourth-order valence-electron chi connectivity index (χ4n) is 3.31. The molecule has 1 aliphatic rings. The number of nitrogens with one attached hydrogen (secondary N) is 1. The molecule has 20 heavy (non-hydrogen) atoms. The molecule has 0 radical (unpaired) electrons. The van der Waals surface area contributed by atoms with Gasteiger partial charge in [-0.1, -0.05) is 32.4 Å². The van der Waals surface area contributed by atoms with Crippen molar-refractivity contribution in [3.63, 3.8) is 0 Å². The molecule has 2 rings (SSSR count). The average Bonchev–Trinajstić information content (AvgIpc) is 2.75. The molecule has 0 aliphatic carbocycles. The molecule has 0 spiro atoms. The first-order valence-corrected chi connectivity index (χ1v) is 7.96. The minimum absolute atomic E-state index is 0.228. The van der Waals surface area contributed by atoms with E-state index in [2.05, 4.69) is 39.1 Å². The summed E-state index contributed by atoms with van der Waals surface area (Å²) in [6.45, 7) is 10.9. The van der Waals surface area contributed by atoms with Gasteiger partial charge in [-0.15, -0.1) is 0 Å². The van der Waals surface area contributed by atoms with Crippen LogP contribution < -0.4 is 10.1 Å². The van der Waals surface area contributed by atoms with Crippen LogP contribution in [0.25, 0.3) is 0 Å². The summed E-state index contributed by atoms with van der Waals surface area (Å²) in [7, 11) is 0. The average molecular weight is 296 g/mol. The van der Waals surface area contributed by atoms with Gasteiger partial charge in [-0.3, -0.25) is 0 Å². The van der Waals surface area contributed by atoms with Crippen LogP contribution in [0.2, 0.25) is 5.02 Å². The van der Waals surface area contributed by atoms with Crippen molar-refractivity contribution < 1.29 is 4.74 Å². The quantitative estimate of drug-likeness (QED) is 0.848. The first-order valence-electron chi connectivity index (χ1n) is 7.59. The van der Waals surface area contributed by atoms with E-state index in [1.165, 1.54) is 11.1 Å². The van der Waals surface area contributed by atoms with Crippen LogP contribution in [-0.4, -0.2) is 19.2 Å². The lowest BCUT2D eigenvalue weighted by atomic mass is 9.80. The van der Waals surface area contributed by atoms with Crippen molar-refractivity contribution in [3.8, 4) is 5.75 Å². The number of fused-ring (bicyclic) bond motifs is 1. The Bertz CT molecular complexity index is 470. The molecule has 1 aromatic carbocycles. The third kappa shape index (κ3) is 3.89. The van der Waals surface area contributed by atoms with Gasteiger partial charge < -0.3 is 10.1 Å². The Morgan fingerprint density at radius 3 is 2.85 bits per heavy atom. The van der Waals surface area contributed by atoms with E-state index in [0.29, 0.717) is 6.04 Å². The third-order valence-corrected chi connectivity index (χ3v) is 4.12. The maximum absolute atomic E-state index is 6.24. The van der Waals surface area contributed by atoms with Crippen LogP contribution in [-0.2, 0) is 12.8 Å². The summed E-state index contributed by atoms with van der Waals surface area (Å²) in [5.74, 6) is 1.08. The Kier molecular flexibility index (Phi) is 4.98. The molecule has 3 heteroatoms. The maximum Gasteiger partial charge on any atom is 0.125 e. The molecule has 0 saturated heterocycles. The van der Waals surface area contributed by atoms with Gasteiger partial charge >= 0.3 is 0 Å². The Labute approximate surface area is 127 Å². The highest BCUT2D eigenvalue weighted by Gasteiger charge is 2.26. The van der Waals surface area contributed by atoms with Crippen molar-refractivity contribution in [3.05, 3.63) is 28.3 Å². The second-order valence-electron chi connectivity index (χ2n) is 6.66. The first-order chi connectivity index (χ1) is 9.41. The SMILES string of the molecule is CCNC(C)CC(C)(C)Cc1cc(Cl)cc2c1OCC2. The normalized spacial score (nSPS) is 15.8. The van der Waals surface area contributed by atoms with E-state index in [-0.39, 0.29) is 5.41 Å². The summed E-state index contributed by atoms with van der Waals surface area (Å²) in [5.41, 5.74) is 2.76. The number of hydrogen-bond acceptors (Lipinski definition) is 2. The molecular formula is C17H26ClNO. The van der Waals surface area contributed by atoms with Gasteiger partial charge in [0.1, 0.15) is 5.75 Å². The smallest absolute Gasteiger partial charge is 0.125 e. The van der Waals surface area contributed by atoms with Crippen molar-refractivity contribution >= 4 is 11.6 Å². The van der Waals surface area contributed by atoms with Crippen molar-refractivity contribution in [1.82, 2.24) is 5.32 Å². The van der Waals surface area contributed by atoms with Gasteiger partial charge in [-0.25, -0.2) is 0 Å². The molecule has 2 nitrogen and oxygen atoms in total. The third-order valence-electron chi connectivity index (χ3n) is 3.91. The van der Waals surface area contributed by atoms with Crippen molar-refractivity contribution in [2.24, 2.45) is 5.41 Å². The fourth-order valence-corrected chi connectivity index (χ4v) is 3.58. The van der Waals surface area contributed by atoms with Crippen molar-refractivity contribution in [1.29, 1.82) is 0 Å². The summed E-state index contributed by atoms with van der Waals surface area (Å²) in [6.07, 6.45) is 3.13. The summed E-state index contributed by atoms with van der Waals surface area (Å²) in [6, 6.07) is 4.65. The van der Waals surface area contributed by atoms with Crippen molar-refractivity contribution in [2.75, 3.05) is 13.2 Å².